The minimum Gasteiger partial charge on any atom is -0.493 e. The van der Waals surface area contributed by atoms with Gasteiger partial charge in [0.2, 0.25) is 5.75 Å². The lowest BCUT2D eigenvalue weighted by Crippen LogP contribution is -1.97. The molecular formula is C16H15BrN2O3. The van der Waals surface area contributed by atoms with E-state index < -0.39 is 0 Å². The average Bonchev–Trinajstić information content (AvgIpc) is 2.90. The van der Waals surface area contributed by atoms with Crippen molar-refractivity contribution in [3.8, 4) is 28.6 Å². The van der Waals surface area contributed by atoms with Crippen LogP contribution in [0.15, 0.2) is 41.1 Å². The van der Waals surface area contributed by atoms with Crippen LogP contribution in [0, 0.1) is 0 Å². The zero-order valence-corrected chi connectivity index (χ0v) is 14.0. The summed E-state index contributed by atoms with van der Waals surface area (Å²) in [4.78, 5) is 4.59. The van der Waals surface area contributed by atoms with Crippen LogP contribution in [0.2, 0.25) is 0 Å². The van der Waals surface area contributed by atoms with E-state index >= 15 is 0 Å². The monoisotopic (exact) mass is 362 g/mol. The largest absolute Gasteiger partial charge is 0.493 e. The van der Waals surface area contributed by atoms with Crippen molar-refractivity contribution in [3.63, 3.8) is 0 Å². The maximum Gasteiger partial charge on any atom is 0.203 e. The molecule has 0 fully saturated rings. The number of hydrogen-bond acceptors (Lipinski definition) is 4. The van der Waals surface area contributed by atoms with Crippen molar-refractivity contribution >= 4 is 21.4 Å². The fourth-order valence-corrected chi connectivity index (χ4v) is 2.91. The first-order chi connectivity index (χ1) is 10.7. The molecule has 5 nitrogen and oxygen atoms in total. The highest BCUT2D eigenvalue weighted by Crippen LogP contribution is 2.41. The van der Waals surface area contributed by atoms with Gasteiger partial charge < -0.3 is 14.2 Å². The van der Waals surface area contributed by atoms with Crippen molar-refractivity contribution in [3.05, 3.63) is 41.1 Å². The van der Waals surface area contributed by atoms with Crippen LogP contribution in [0.4, 0.5) is 0 Å². The van der Waals surface area contributed by atoms with Crippen molar-refractivity contribution < 1.29 is 14.2 Å². The Morgan fingerprint density at radius 1 is 1.00 bits per heavy atom. The van der Waals surface area contributed by atoms with Crippen molar-refractivity contribution in [2.24, 2.45) is 0 Å². The number of ether oxygens (including phenoxy) is 3. The van der Waals surface area contributed by atoms with E-state index in [9.17, 15) is 0 Å². The van der Waals surface area contributed by atoms with E-state index in [0.717, 1.165) is 21.5 Å². The highest BCUT2D eigenvalue weighted by atomic mass is 79.9. The Hall–Kier alpha value is -2.21. The standard InChI is InChI=1S/C16H15BrN2O3/c1-20-12-8-10(9-13(21-2)14(12)22-3)16-18-15(17)11-6-4-5-7-19(11)16/h4-9H,1-3H3. The van der Waals surface area contributed by atoms with Gasteiger partial charge >= 0.3 is 0 Å². The highest BCUT2D eigenvalue weighted by Gasteiger charge is 2.17. The molecule has 0 aliphatic rings. The SMILES string of the molecule is COc1cc(-c2nc(Br)c3ccccn23)cc(OC)c1OC. The van der Waals surface area contributed by atoms with Crippen LogP contribution in [0.3, 0.4) is 0 Å². The summed E-state index contributed by atoms with van der Waals surface area (Å²) in [6.07, 6.45) is 1.96. The van der Waals surface area contributed by atoms with Crippen LogP contribution in [-0.2, 0) is 0 Å². The Morgan fingerprint density at radius 3 is 2.27 bits per heavy atom. The molecule has 0 radical (unpaired) electrons. The van der Waals surface area contributed by atoms with Crippen LogP contribution >= 0.6 is 15.9 Å². The van der Waals surface area contributed by atoms with Crippen LogP contribution in [-0.4, -0.2) is 30.7 Å². The Balaban J connectivity index is 2.27. The van der Waals surface area contributed by atoms with Gasteiger partial charge in [0.15, 0.2) is 11.5 Å². The fraction of sp³-hybridized carbons (Fsp3) is 0.188. The van der Waals surface area contributed by atoms with E-state index in [1.807, 2.05) is 40.9 Å². The fourth-order valence-electron chi connectivity index (χ4n) is 2.41. The van der Waals surface area contributed by atoms with Gasteiger partial charge in [0.05, 0.1) is 26.8 Å². The average molecular weight is 363 g/mol. The van der Waals surface area contributed by atoms with Crippen LogP contribution in [0.1, 0.15) is 0 Å². The van der Waals surface area contributed by atoms with E-state index in [1.54, 1.807) is 21.3 Å². The molecule has 2 aromatic heterocycles. The van der Waals surface area contributed by atoms with Gasteiger partial charge in [-0.15, -0.1) is 0 Å². The van der Waals surface area contributed by atoms with Gasteiger partial charge in [-0.3, -0.25) is 4.40 Å². The minimum atomic E-state index is 0.564. The smallest absolute Gasteiger partial charge is 0.203 e. The van der Waals surface area contributed by atoms with Crippen molar-refractivity contribution in [2.45, 2.75) is 0 Å². The second-order valence-corrected chi connectivity index (χ2v) is 5.35. The molecule has 0 saturated carbocycles. The molecule has 0 aliphatic heterocycles. The van der Waals surface area contributed by atoms with Crippen molar-refractivity contribution in [2.75, 3.05) is 21.3 Å². The maximum atomic E-state index is 5.41. The summed E-state index contributed by atoms with van der Waals surface area (Å²) in [5.74, 6) is 2.55. The Kier molecular flexibility index (Phi) is 3.94. The van der Waals surface area contributed by atoms with Crippen LogP contribution < -0.4 is 14.2 Å². The van der Waals surface area contributed by atoms with Crippen molar-refractivity contribution in [1.82, 2.24) is 9.38 Å². The van der Waals surface area contributed by atoms with E-state index in [0.29, 0.717) is 17.2 Å². The Labute approximate surface area is 136 Å². The quantitative estimate of drug-likeness (QED) is 0.708. The van der Waals surface area contributed by atoms with Gasteiger partial charge in [-0.05, 0) is 40.2 Å². The number of hydrogen-bond donors (Lipinski definition) is 0. The first-order valence-corrected chi connectivity index (χ1v) is 7.42. The summed E-state index contributed by atoms with van der Waals surface area (Å²) >= 11 is 3.50. The third-order valence-electron chi connectivity index (χ3n) is 3.43. The van der Waals surface area contributed by atoms with E-state index in [4.69, 9.17) is 14.2 Å². The molecule has 0 saturated heterocycles. The molecule has 0 N–H and O–H groups in total. The summed E-state index contributed by atoms with van der Waals surface area (Å²) in [5, 5.41) is 0. The van der Waals surface area contributed by atoms with Gasteiger partial charge in [0.25, 0.3) is 0 Å². The number of methoxy groups -OCH3 is 3. The topological polar surface area (TPSA) is 45.0 Å². The molecule has 22 heavy (non-hydrogen) atoms. The molecule has 0 spiro atoms. The Bertz CT molecular complexity index is 804. The third-order valence-corrected chi connectivity index (χ3v) is 4.01. The molecule has 3 aromatic rings. The molecule has 0 bridgehead atoms. The summed E-state index contributed by atoms with van der Waals surface area (Å²) in [6.45, 7) is 0. The molecular weight excluding hydrogens is 348 g/mol. The zero-order valence-electron chi connectivity index (χ0n) is 12.5. The van der Waals surface area contributed by atoms with E-state index in [-0.39, 0.29) is 0 Å². The summed E-state index contributed by atoms with van der Waals surface area (Å²) in [5.41, 5.74) is 1.87. The lowest BCUT2D eigenvalue weighted by molar-refractivity contribution is 0.324. The van der Waals surface area contributed by atoms with Crippen LogP contribution in [0.25, 0.3) is 16.9 Å². The first-order valence-electron chi connectivity index (χ1n) is 6.62. The van der Waals surface area contributed by atoms with Gasteiger partial charge in [0, 0.05) is 11.8 Å². The molecule has 0 aliphatic carbocycles. The van der Waals surface area contributed by atoms with Gasteiger partial charge in [-0.2, -0.15) is 0 Å². The van der Waals surface area contributed by atoms with Gasteiger partial charge in [-0.25, -0.2) is 4.98 Å². The number of aromatic nitrogens is 2. The van der Waals surface area contributed by atoms with Gasteiger partial charge in [0.1, 0.15) is 10.4 Å². The maximum absolute atomic E-state index is 5.41. The Morgan fingerprint density at radius 2 is 1.68 bits per heavy atom. The molecule has 2 heterocycles. The number of pyridine rings is 1. The van der Waals surface area contributed by atoms with E-state index in [2.05, 4.69) is 20.9 Å². The number of benzene rings is 1. The predicted molar refractivity (Wildman–Crippen MR) is 88.0 cm³/mol. The zero-order chi connectivity index (χ0) is 15.7. The highest BCUT2D eigenvalue weighted by molar-refractivity contribution is 9.10. The first kappa shape index (κ1) is 14.7. The number of halogens is 1. The molecule has 3 rings (SSSR count). The number of nitrogens with zero attached hydrogens (tertiary/aromatic N) is 2. The second-order valence-electron chi connectivity index (χ2n) is 4.60. The summed E-state index contributed by atoms with van der Waals surface area (Å²) in [6, 6.07) is 9.70. The van der Waals surface area contributed by atoms with Crippen molar-refractivity contribution in [1.29, 1.82) is 0 Å². The van der Waals surface area contributed by atoms with E-state index in [1.165, 1.54) is 0 Å². The third kappa shape index (κ3) is 2.29. The summed E-state index contributed by atoms with van der Waals surface area (Å²) in [7, 11) is 4.78. The normalized spacial score (nSPS) is 10.7. The lowest BCUT2D eigenvalue weighted by Gasteiger charge is -2.13. The molecule has 0 atom stereocenters. The van der Waals surface area contributed by atoms with Gasteiger partial charge in [-0.1, -0.05) is 6.07 Å². The second kappa shape index (κ2) is 5.88. The lowest BCUT2D eigenvalue weighted by atomic mass is 10.1. The molecule has 6 heteroatoms. The minimum absolute atomic E-state index is 0.564. The summed E-state index contributed by atoms with van der Waals surface area (Å²) < 4.78 is 19.0. The molecule has 1 aromatic carbocycles. The van der Waals surface area contributed by atoms with Crippen LogP contribution in [0.5, 0.6) is 17.2 Å². The molecule has 114 valence electrons. The number of imidazole rings is 1. The molecule has 0 unspecified atom stereocenters. The predicted octanol–water partition coefficient (Wildman–Crippen LogP) is 3.79. The number of fused-ring (bicyclic) bond motifs is 1. The number of rotatable bonds is 4. The molecule has 0 amide bonds.